The van der Waals surface area contributed by atoms with Crippen LogP contribution in [0.2, 0.25) is 0 Å². The first-order valence-electron chi connectivity index (χ1n) is 4.69. The van der Waals surface area contributed by atoms with E-state index in [0.717, 1.165) is 0 Å². The summed E-state index contributed by atoms with van der Waals surface area (Å²) in [7, 11) is 1.35. The molecule has 1 heterocycles. The summed E-state index contributed by atoms with van der Waals surface area (Å²) in [5, 5.41) is 3.03. The fraction of sp³-hybridized carbons (Fsp3) is 0.400. The molecule has 0 unspecified atom stereocenters. The molecule has 0 radical (unpaired) electrons. The molecule has 0 spiro atoms. The molecule has 0 bridgehead atoms. The van der Waals surface area contributed by atoms with E-state index >= 15 is 0 Å². The van der Waals surface area contributed by atoms with Crippen LogP contribution in [-0.2, 0) is 4.74 Å². The van der Waals surface area contributed by atoms with Crippen molar-refractivity contribution >= 4 is 11.8 Å². The molecule has 1 rings (SSSR count). The molecule has 1 aromatic heterocycles. The van der Waals surface area contributed by atoms with Crippen LogP contribution in [0.5, 0.6) is 0 Å². The Labute approximate surface area is 88.6 Å². The highest BCUT2D eigenvalue weighted by Gasteiger charge is 2.09. The van der Waals surface area contributed by atoms with Gasteiger partial charge >= 0.3 is 5.97 Å². The largest absolute Gasteiger partial charge is 0.465 e. The van der Waals surface area contributed by atoms with Crippen molar-refractivity contribution in [2.24, 2.45) is 5.73 Å². The Balaban J connectivity index is 2.83. The van der Waals surface area contributed by atoms with Crippen LogP contribution in [-0.4, -0.2) is 31.2 Å². The molecule has 0 aromatic carbocycles. The van der Waals surface area contributed by atoms with Crippen LogP contribution in [0, 0.1) is 6.92 Å². The number of nitrogens with one attached hydrogen (secondary N) is 1. The Morgan fingerprint density at radius 2 is 2.33 bits per heavy atom. The first kappa shape index (κ1) is 11.5. The average molecular weight is 209 g/mol. The normalized spacial score (nSPS) is 9.80. The molecule has 0 aliphatic heterocycles. The third-order valence-corrected chi connectivity index (χ3v) is 1.94. The zero-order valence-corrected chi connectivity index (χ0v) is 8.91. The third kappa shape index (κ3) is 2.92. The van der Waals surface area contributed by atoms with E-state index < -0.39 is 0 Å². The first-order valence-corrected chi connectivity index (χ1v) is 4.69. The van der Waals surface area contributed by atoms with Gasteiger partial charge in [-0.1, -0.05) is 0 Å². The van der Waals surface area contributed by atoms with E-state index in [1.54, 1.807) is 19.1 Å². The van der Waals surface area contributed by atoms with E-state index in [0.29, 0.717) is 30.2 Å². The second kappa shape index (κ2) is 5.31. The van der Waals surface area contributed by atoms with Gasteiger partial charge in [-0.3, -0.25) is 0 Å². The number of anilines is 1. The Morgan fingerprint density at radius 3 is 2.87 bits per heavy atom. The molecule has 3 N–H and O–H groups in total. The third-order valence-electron chi connectivity index (χ3n) is 1.94. The number of aryl methyl sites for hydroxylation is 1. The lowest BCUT2D eigenvalue weighted by molar-refractivity contribution is 0.0599. The van der Waals surface area contributed by atoms with E-state index in [1.165, 1.54) is 7.11 Å². The summed E-state index contributed by atoms with van der Waals surface area (Å²) in [4.78, 5) is 15.5. The standard InChI is InChI=1S/C10H15N3O2/c1-7-8(10(14)15-2)3-4-9(13-7)12-6-5-11/h3-4H,5-6,11H2,1-2H3,(H,12,13). The topological polar surface area (TPSA) is 77.2 Å². The van der Waals surface area contributed by atoms with Gasteiger partial charge in [-0.2, -0.15) is 0 Å². The van der Waals surface area contributed by atoms with Crippen LogP contribution in [0.1, 0.15) is 16.1 Å². The summed E-state index contributed by atoms with van der Waals surface area (Å²) in [6.07, 6.45) is 0. The van der Waals surface area contributed by atoms with Crippen LogP contribution < -0.4 is 11.1 Å². The van der Waals surface area contributed by atoms with Gasteiger partial charge in [0.25, 0.3) is 0 Å². The van der Waals surface area contributed by atoms with Crippen LogP contribution in [0.15, 0.2) is 12.1 Å². The number of carbonyl (C=O) groups excluding carboxylic acids is 1. The highest BCUT2D eigenvalue weighted by atomic mass is 16.5. The van der Waals surface area contributed by atoms with E-state index in [2.05, 4.69) is 15.0 Å². The summed E-state index contributed by atoms with van der Waals surface area (Å²) in [6.45, 7) is 2.96. The van der Waals surface area contributed by atoms with E-state index in [9.17, 15) is 4.79 Å². The van der Waals surface area contributed by atoms with Gasteiger partial charge < -0.3 is 15.8 Å². The average Bonchev–Trinajstić information content (AvgIpc) is 2.25. The van der Waals surface area contributed by atoms with Gasteiger partial charge in [-0.15, -0.1) is 0 Å². The predicted octanol–water partition coefficient (Wildman–Crippen LogP) is 0.547. The molecular weight excluding hydrogens is 194 g/mol. The summed E-state index contributed by atoms with van der Waals surface area (Å²) in [5.74, 6) is 0.343. The minimum Gasteiger partial charge on any atom is -0.465 e. The molecule has 0 aliphatic carbocycles. The summed E-state index contributed by atoms with van der Waals surface area (Å²) >= 11 is 0. The Bertz CT molecular complexity index is 353. The molecule has 82 valence electrons. The Morgan fingerprint density at radius 1 is 1.60 bits per heavy atom. The molecular formula is C10H15N3O2. The number of nitrogens with zero attached hydrogens (tertiary/aromatic N) is 1. The molecule has 5 nitrogen and oxygen atoms in total. The Hall–Kier alpha value is -1.62. The number of hydrogen-bond donors (Lipinski definition) is 2. The summed E-state index contributed by atoms with van der Waals surface area (Å²) in [5.41, 5.74) is 6.47. The van der Waals surface area contributed by atoms with Gasteiger partial charge in [-0.05, 0) is 19.1 Å². The number of rotatable bonds is 4. The second-order valence-electron chi connectivity index (χ2n) is 3.04. The van der Waals surface area contributed by atoms with Crippen LogP contribution >= 0.6 is 0 Å². The number of aromatic nitrogens is 1. The molecule has 0 saturated heterocycles. The highest BCUT2D eigenvalue weighted by Crippen LogP contribution is 2.11. The summed E-state index contributed by atoms with van der Waals surface area (Å²) in [6, 6.07) is 3.42. The zero-order valence-electron chi connectivity index (χ0n) is 8.91. The molecule has 0 atom stereocenters. The monoisotopic (exact) mass is 209 g/mol. The molecule has 0 saturated carbocycles. The Kier molecular flexibility index (Phi) is 4.05. The van der Waals surface area contributed by atoms with Crippen LogP contribution in [0.25, 0.3) is 0 Å². The summed E-state index contributed by atoms with van der Waals surface area (Å²) < 4.78 is 4.62. The van der Waals surface area contributed by atoms with Crippen molar-refractivity contribution < 1.29 is 9.53 Å². The number of carbonyl (C=O) groups is 1. The lowest BCUT2D eigenvalue weighted by Gasteiger charge is -2.07. The maximum atomic E-state index is 11.3. The van der Waals surface area contributed by atoms with Crippen molar-refractivity contribution in [3.05, 3.63) is 23.4 Å². The fourth-order valence-electron chi connectivity index (χ4n) is 1.19. The smallest absolute Gasteiger partial charge is 0.339 e. The number of ether oxygens (including phenoxy) is 1. The van der Waals surface area contributed by atoms with Crippen molar-refractivity contribution in [2.75, 3.05) is 25.5 Å². The molecule has 5 heteroatoms. The van der Waals surface area contributed by atoms with Crippen LogP contribution in [0.4, 0.5) is 5.82 Å². The molecule has 0 amide bonds. The lowest BCUT2D eigenvalue weighted by atomic mass is 10.2. The van der Waals surface area contributed by atoms with Gasteiger partial charge in [0.2, 0.25) is 0 Å². The van der Waals surface area contributed by atoms with Gasteiger partial charge in [-0.25, -0.2) is 9.78 Å². The number of esters is 1. The molecule has 1 aromatic rings. The number of nitrogens with two attached hydrogens (primary N) is 1. The fourth-order valence-corrected chi connectivity index (χ4v) is 1.19. The lowest BCUT2D eigenvalue weighted by Crippen LogP contribution is -2.14. The minimum atomic E-state index is -0.370. The number of hydrogen-bond acceptors (Lipinski definition) is 5. The molecule has 0 aliphatic rings. The van der Waals surface area contributed by atoms with Gasteiger partial charge in [0, 0.05) is 13.1 Å². The van der Waals surface area contributed by atoms with Gasteiger partial charge in [0.1, 0.15) is 5.82 Å². The number of methoxy groups -OCH3 is 1. The van der Waals surface area contributed by atoms with Crippen molar-refractivity contribution in [1.29, 1.82) is 0 Å². The second-order valence-corrected chi connectivity index (χ2v) is 3.04. The van der Waals surface area contributed by atoms with Crippen molar-refractivity contribution in [2.45, 2.75) is 6.92 Å². The van der Waals surface area contributed by atoms with Crippen LogP contribution in [0.3, 0.4) is 0 Å². The molecule has 0 fully saturated rings. The SMILES string of the molecule is COC(=O)c1ccc(NCCN)nc1C. The van der Waals surface area contributed by atoms with E-state index in [1.807, 2.05) is 0 Å². The quantitative estimate of drug-likeness (QED) is 0.708. The van der Waals surface area contributed by atoms with Gasteiger partial charge in [0.05, 0.1) is 18.4 Å². The zero-order chi connectivity index (χ0) is 11.3. The maximum absolute atomic E-state index is 11.3. The van der Waals surface area contributed by atoms with E-state index in [4.69, 9.17) is 5.73 Å². The minimum absolute atomic E-state index is 0.370. The van der Waals surface area contributed by atoms with Gasteiger partial charge in [0.15, 0.2) is 0 Å². The van der Waals surface area contributed by atoms with E-state index in [-0.39, 0.29) is 5.97 Å². The van der Waals surface area contributed by atoms with Crippen molar-refractivity contribution in [3.8, 4) is 0 Å². The van der Waals surface area contributed by atoms with Crippen molar-refractivity contribution in [3.63, 3.8) is 0 Å². The number of pyridine rings is 1. The highest BCUT2D eigenvalue weighted by molar-refractivity contribution is 5.90. The maximum Gasteiger partial charge on any atom is 0.339 e. The first-order chi connectivity index (χ1) is 7.19. The molecule has 15 heavy (non-hydrogen) atoms. The predicted molar refractivity (Wildman–Crippen MR) is 57.9 cm³/mol. The van der Waals surface area contributed by atoms with Crippen molar-refractivity contribution in [1.82, 2.24) is 4.98 Å².